The molecule has 0 saturated heterocycles. The molecule has 0 bridgehead atoms. The van der Waals surface area contributed by atoms with Crippen molar-refractivity contribution in [1.29, 1.82) is 0 Å². The Morgan fingerprint density at radius 2 is 2.11 bits per heavy atom. The largest absolute Gasteiger partial charge is 0.326 e. The molecule has 1 amide bonds. The SMILES string of the molecule is O=C(CCCCl)Nc1ccc(-c2cnns2)cc1. The second kappa shape index (κ2) is 6.47. The summed E-state index contributed by atoms with van der Waals surface area (Å²) in [4.78, 5) is 12.5. The Bertz CT molecular complexity index is 499. The van der Waals surface area contributed by atoms with Gasteiger partial charge in [0.25, 0.3) is 0 Å². The van der Waals surface area contributed by atoms with Gasteiger partial charge in [0.1, 0.15) is 0 Å². The number of halogens is 1. The molecule has 0 saturated carbocycles. The topological polar surface area (TPSA) is 54.9 Å². The first-order valence-electron chi connectivity index (χ1n) is 5.53. The van der Waals surface area contributed by atoms with Crippen molar-refractivity contribution in [2.75, 3.05) is 11.2 Å². The van der Waals surface area contributed by atoms with Gasteiger partial charge in [0, 0.05) is 18.0 Å². The lowest BCUT2D eigenvalue weighted by Gasteiger charge is -2.05. The third-order valence-electron chi connectivity index (χ3n) is 2.35. The minimum atomic E-state index is -0.0112. The molecule has 1 aromatic heterocycles. The van der Waals surface area contributed by atoms with E-state index in [0.29, 0.717) is 18.7 Å². The summed E-state index contributed by atoms with van der Waals surface area (Å²) < 4.78 is 3.81. The minimum absolute atomic E-state index is 0.0112. The van der Waals surface area contributed by atoms with E-state index in [0.717, 1.165) is 16.1 Å². The number of carbonyl (C=O) groups is 1. The average Bonchev–Trinajstić information content (AvgIpc) is 2.91. The number of aromatic nitrogens is 2. The first-order valence-corrected chi connectivity index (χ1v) is 6.84. The van der Waals surface area contributed by atoms with Crippen molar-refractivity contribution in [3.8, 4) is 10.4 Å². The number of alkyl halides is 1. The van der Waals surface area contributed by atoms with E-state index in [2.05, 4.69) is 14.9 Å². The third-order valence-corrected chi connectivity index (χ3v) is 3.33. The van der Waals surface area contributed by atoms with E-state index < -0.39 is 0 Å². The van der Waals surface area contributed by atoms with Crippen LogP contribution in [0.5, 0.6) is 0 Å². The fourth-order valence-corrected chi connectivity index (χ4v) is 2.11. The molecule has 0 fully saturated rings. The van der Waals surface area contributed by atoms with Crippen LogP contribution >= 0.6 is 23.1 Å². The number of amides is 1. The monoisotopic (exact) mass is 281 g/mol. The molecule has 1 heterocycles. The van der Waals surface area contributed by atoms with E-state index in [-0.39, 0.29) is 5.91 Å². The maximum atomic E-state index is 11.5. The molecule has 6 heteroatoms. The zero-order valence-corrected chi connectivity index (χ0v) is 11.2. The number of hydrogen-bond donors (Lipinski definition) is 1. The Morgan fingerprint density at radius 1 is 1.33 bits per heavy atom. The number of nitrogens with zero attached hydrogens (tertiary/aromatic N) is 2. The van der Waals surface area contributed by atoms with Crippen molar-refractivity contribution in [3.05, 3.63) is 30.5 Å². The van der Waals surface area contributed by atoms with Crippen LogP contribution in [0.2, 0.25) is 0 Å². The van der Waals surface area contributed by atoms with Crippen molar-refractivity contribution in [2.24, 2.45) is 0 Å². The summed E-state index contributed by atoms with van der Waals surface area (Å²) in [5.74, 6) is 0.493. The number of nitrogens with one attached hydrogen (secondary N) is 1. The molecule has 94 valence electrons. The Hall–Kier alpha value is -1.46. The predicted molar refractivity (Wildman–Crippen MR) is 73.9 cm³/mol. The minimum Gasteiger partial charge on any atom is -0.326 e. The van der Waals surface area contributed by atoms with Crippen molar-refractivity contribution < 1.29 is 4.79 Å². The lowest BCUT2D eigenvalue weighted by atomic mass is 10.2. The van der Waals surface area contributed by atoms with Gasteiger partial charge in [-0.2, -0.15) is 0 Å². The molecule has 0 radical (unpaired) electrons. The van der Waals surface area contributed by atoms with E-state index in [1.54, 1.807) is 6.20 Å². The molecule has 18 heavy (non-hydrogen) atoms. The van der Waals surface area contributed by atoms with Gasteiger partial charge in [-0.15, -0.1) is 16.7 Å². The molecule has 0 atom stereocenters. The summed E-state index contributed by atoms with van der Waals surface area (Å²) in [7, 11) is 0. The zero-order valence-electron chi connectivity index (χ0n) is 9.60. The van der Waals surface area contributed by atoms with Gasteiger partial charge in [-0.05, 0) is 35.6 Å². The molecule has 1 N–H and O–H groups in total. The fraction of sp³-hybridized carbons (Fsp3) is 0.250. The summed E-state index contributed by atoms with van der Waals surface area (Å²) in [5, 5.41) is 6.61. The first-order chi connectivity index (χ1) is 8.79. The van der Waals surface area contributed by atoms with E-state index in [4.69, 9.17) is 11.6 Å². The van der Waals surface area contributed by atoms with E-state index in [1.807, 2.05) is 24.3 Å². The standard InChI is InChI=1S/C12H12ClN3OS/c13-7-1-2-12(17)15-10-5-3-9(4-6-10)11-8-14-16-18-11/h3-6,8H,1-2,7H2,(H,15,17). The van der Waals surface area contributed by atoms with Gasteiger partial charge < -0.3 is 5.32 Å². The van der Waals surface area contributed by atoms with Crippen molar-refractivity contribution in [3.63, 3.8) is 0 Å². The molecule has 2 aromatic rings. The van der Waals surface area contributed by atoms with Crippen LogP contribution < -0.4 is 5.32 Å². The number of rotatable bonds is 5. The Labute approximate surface area is 114 Å². The summed E-state index contributed by atoms with van der Waals surface area (Å²) in [6.07, 6.45) is 2.86. The molecule has 0 unspecified atom stereocenters. The van der Waals surface area contributed by atoms with E-state index in [9.17, 15) is 4.79 Å². The van der Waals surface area contributed by atoms with Crippen LogP contribution in [0.15, 0.2) is 30.5 Å². The van der Waals surface area contributed by atoms with Gasteiger partial charge >= 0.3 is 0 Å². The zero-order chi connectivity index (χ0) is 12.8. The van der Waals surface area contributed by atoms with Crippen LogP contribution in [0.4, 0.5) is 5.69 Å². The second-order valence-corrected chi connectivity index (χ2v) is 4.86. The van der Waals surface area contributed by atoms with Crippen LogP contribution in [0.1, 0.15) is 12.8 Å². The maximum absolute atomic E-state index is 11.5. The highest BCUT2D eigenvalue weighted by Crippen LogP contribution is 2.23. The van der Waals surface area contributed by atoms with Crippen LogP contribution in [0.25, 0.3) is 10.4 Å². The van der Waals surface area contributed by atoms with Gasteiger partial charge in [0.05, 0.1) is 11.1 Å². The predicted octanol–water partition coefficient (Wildman–Crippen LogP) is 3.16. The maximum Gasteiger partial charge on any atom is 0.224 e. The molecule has 2 rings (SSSR count). The molecule has 0 aliphatic heterocycles. The molecule has 0 aliphatic carbocycles. The Kier molecular flexibility index (Phi) is 4.66. The van der Waals surface area contributed by atoms with Gasteiger partial charge in [-0.1, -0.05) is 16.6 Å². The van der Waals surface area contributed by atoms with Crippen LogP contribution in [0, 0.1) is 0 Å². The highest BCUT2D eigenvalue weighted by Gasteiger charge is 2.03. The normalized spacial score (nSPS) is 10.3. The average molecular weight is 282 g/mol. The van der Waals surface area contributed by atoms with E-state index >= 15 is 0 Å². The van der Waals surface area contributed by atoms with Gasteiger partial charge in [0.15, 0.2) is 0 Å². The quantitative estimate of drug-likeness (QED) is 0.857. The number of carbonyl (C=O) groups excluding carboxylic acids is 1. The van der Waals surface area contributed by atoms with Crippen LogP contribution in [-0.4, -0.2) is 21.4 Å². The number of benzene rings is 1. The molecule has 0 spiro atoms. The van der Waals surface area contributed by atoms with Crippen molar-refractivity contribution in [2.45, 2.75) is 12.8 Å². The highest BCUT2D eigenvalue weighted by atomic mass is 35.5. The van der Waals surface area contributed by atoms with E-state index in [1.165, 1.54) is 11.5 Å². The summed E-state index contributed by atoms with van der Waals surface area (Å²) in [6, 6.07) is 7.61. The number of hydrogen-bond acceptors (Lipinski definition) is 4. The van der Waals surface area contributed by atoms with Crippen molar-refractivity contribution >= 4 is 34.7 Å². The number of anilines is 1. The van der Waals surface area contributed by atoms with Crippen LogP contribution in [-0.2, 0) is 4.79 Å². The lowest BCUT2D eigenvalue weighted by Crippen LogP contribution is -2.11. The Morgan fingerprint density at radius 3 is 2.72 bits per heavy atom. The summed E-state index contributed by atoms with van der Waals surface area (Å²) in [6.45, 7) is 0. The lowest BCUT2D eigenvalue weighted by molar-refractivity contribution is -0.116. The van der Waals surface area contributed by atoms with Crippen molar-refractivity contribution in [1.82, 2.24) is 9.59 Å². The molecular weight excluding hydrogens is 270 g/mol. The fourth-order valence-electron chi connectivity index (χ4n) is 1.46. The van der Waals surface area contributed by atoms with Gasteiger partial charge in [-0.3, -0.25) is 4.79 Å². The second-order valence-electron chi connectivity index (χ2n) is 3.70. The molecule has 0 aliphatic rings. The van der Waals surface area contributed by atoms with Gasteiger partial charge in [-0.25, -0.2) is 0 Å². The smallest absolute Gasteiger partial charge is 0.224 e. The highest BCUT2D eigenvalue weighted by molar-refractivity contribution is 7.09. The van der Waals surface area contributed by atoms with Crippen LogP contribution in [0.3, 0.4) is 0 Å². The first kappa shape index (κ1) is 13.0. The molecular formula is C12H12ClN3OS. The molecule has 1 aromatic carbocycles. The third kappa shape index (κ3) is 3.51. The molecule has 4 nitrogen and oxygen atoms in total. The summed E-state index contributed by atoms with van der Waals surface area (Å²) >= 11 is 6.88. The Balaban J connectivity index is 1.98. The van der Waals surface area contributed by atoms with Gasteiger partial charge in [0.2, 0.25) is 5.91 Å². The summed E-state index contributed by atoms with van der Waals surface area (Å²) in [5.41, 5.74) is 1.83.